The highest BCUT2D eigenvalue weighted by atomic mass is 16.4. The van der Waals surface area contributed by atoms with Gasteiger partial charge in [-0.3, -0.25) is 4.79 Å². The van der Waals surface area contributed by atoms with Gasteiger partial charge in [-0.25, -0.2) is 0 Å². The number of fused-ring (bicyclic) bond motifs is 1. The Labute approximate surface area is 139 Å². The van der Waals surface area contributed by atoms with Crippen LogP contribution >= 0.6 is 0 Å². The lowest BCUT2D eigenvalue weighted by Gasteiger charge is -2.31. The summed E-state index contributed by atoms with van der Waals surface area (Å²) in [6.07, 6.45) is 0. The first-order valence-corrected chi connectivity index (χ1v) is 7.78. The molecule has 3 aromatic carbocycles. The van der Waals surface area contributed by atoms with Gasteiger partial charge in [0.2, 0.25) is 5.78 Å². The standard InChI is InChI=1S/C21H15NO2/c23-19-17-13-7-8-14-18(17)21(20(19)22-24,15-9-3-1-4-10-15)16-11-5-2-6-12-16/h1-14,24H/b22-20-. The molecular weight excluding hydrogens is 298 g/mol. The van der Waals surface area contributed by atoms with Crippen LogP contribution in [0.4, 0.5) is 0 Å². The largest absolute Gasteiger partial charge is 0.410 e. The Kier molecular flexibility index (Phi) is 3.28. The van der Waals surface area contributed by atoms with Crippen LogP contribution in [0.2, 0.25) is 0 Å². The fourth-order valence-corrected chi connectivity index (χ4v) is 3.68. The van der Waals surface area contributed by atoms with Crippen molar-refractivity contribution >= 4 is 11.5 Å². The van der Waals surface area contributed by atoms with Crippen LogP contribution in [0.1, 0.15) is 27.0 Å². The molecule has 116 valence electrons. The molecule has 0 spiro atoms. The predicted octanol–water partition coefficient (Wildman–Crippen LogP) is 4.05. The maximum atomic E-state index is 12.9. The number of carbonyl (C=O) groups excluding carboxylic acids is 1. The van der Waals surface area contributed by atoms with Crippen LogP contribution in [0.3, 0.4) is 0 Å². The van der Waals surface area contributed by atoms with E-state index in [1.165, 1.54) is 0 Å². The fourth-order valence-electron chi connectivity index (χ4n) is 3.68. The summed E-state index contributed by atoms with van der Waals surface area (Å²) in [6.45, 7) is 0. The minimum Gasteiger partial charge on any atom is -0.410 e. The molecule has 1 aliphatic rings. The number of nitrogens with zero attached hydrogens (tertiary/aromatic N) is 1. The van der Waals surface area contributed by atoms with Crippen LogP contribution in [0.5, 0.6) is 0 Å². The van der Waals surface area contributed by atoms with E-state index in [4.69, 9.17) is 0 Å². The predicted molar refractivity (Wildman–Crippen MR) is 92.8 cm³/mol. The third-order valence-electron chi connectivity index (χ3n) is 4.66. The summed E-state index contributed by atoms with van der Waals surface area (Å²) in [5.41, 5.74) is 2.48. The van der Waals surface area contributed by atoms with Gasteiger partial charge >= 0.3 is 0 Å². The van der Waals surface area contributed by atoms with Crippen molar-refractivity contribution in [2.75, 3.05) is 0 Å². The zero-order valence-corrected chi connectivity index (χ0v) is 12.9. The van der Waals surface area contributed by atoms with Gasteiger partial charge in [-0.05, 0) is 16.7 Å². The third kappa shape index (κ3) is 1.78. The average Bonchev–Trinajstić information content (AvgIpc) is 2.92. The Morgan fingerprint density at radius 1 is 0.708 bits per heavy atom. The molecule has 3 aromatic rings. The number of rotatable bonds is 2. The number of carbonyl (C=O) groups is 1. The molecule has 0 amide bonds. The Bertz CT molecular complexity index is 891. The van der Waals surface area contributed by atoms with E-state index in [9.17, 15) is 10.0 Å². The third-order valence-corrected chi connectivity index (χ3v) is 4.66. The molecule has 1 N–H and O–H groups in total. The number of hydrogen-bond donors (Lipinski definition) is 1. The van der Waals surface area contributed by atoms with Crippen LogP contribution < -0.4 is 0 Å². The first-order chi connectivity index (χ1) is 11.8. The maximum absolute atomic E-state index is 12.9. The molecule has 0 heterocycles. The van der Waals surface area contributed by atoms with Gasteiger partial charge in [0.05, 0.1) is 5.41 Å². The Morgan fingerprint density at radius 3 is 1.75 bits per heavy atom. The molecule has 0 saturated heterocycles. The van der Waals surface area contributed by atoms with Gasteiger partial charge in [-0.15, -0.1) is 0 Å². The highest BCUT2D eigenvalue weighted by Crippen LogP contribution is 2.47. The molecule has 0 radical (unpaired) electrons. The summed E-state index contributed by atoms with van der Waals surface area (Å²) in [7, 11) is 0. The first kappa shape index (κ1) is 14.4. The molecule has 3 nitrogen and oxygen atoms in total. The van der Waals surface area contributed by atoms with Gasteiger partial charge in [0.1, 0.15) is 5.71 Å². The average molecular weight is 313 g/mol. The van der Waals surface area contributed by atoms with Gasteiger partial charge in [-0.2, -0.15) is 0 Å². The number of hydrogen-bond acceptors (Lipinski definition) is 3. The van der Waals surface area contributed by atoms with Crippen molar-refractivity contribution < 1.29 is 10.0 Å². The molecule has 0 unspecified atom stereocenters. The zero-order valence-electron chi connectivity index (χ0n) is 12.9. The van der Waals surface area contributed by atoms with Crippen molar-refractivity contribution in [2.45, 2.75) is 5.41 Å². The second-order valence-corrected chi connectivity index (χ2v) is 5.81. The van der Waals surface area contributed by atoms with E-state index >= 15 is 0 Å². The smallest absolute Gasteiger partial charge is 0.212 e. The molecule has 24 heavy (non-hydrogen) atoms. The van der Waals surface area contributed by atoms with E-state index in [0.29, 0.717) is 5.56 Å². The summed E-state index contributed by atoms with van der Waals surface area (Å²) in [4.78, 5) is 12.9. The van der Waals surface area contributed by atoms with Gasteiger partial charge < -0.3 is 5.21 Å². The number of benzene rings is 3. The summed E-state index contributed by atoms with van der Waals surface area (Å²) >= 11 is 0. The van der Waals surface area contributed by atoms with Gasteiger partial charge in [0, 0.05) is 5.56 Å². The maximum Gasteiger partial charge on any atom is 0.212 e. The molecule has 0 atom stereocenters. The monoisotopic (exact) mass is 313 g/mol. The molecule has 0 aliphatic heterocycles. The van der Waals surface area contributed by atoms with Crippen molar-refractivity contribution in [3.63, 3.8) is 0 Å². The Hall–Kier alpha value is -3.20. The summed E-state index contributed by atoms with van der Waals surface area (Å²) in [5.74, 6) is -0.235. The first-order valence-electron chi connectivity index (χ1n) is 7.78. The summed E-state index contributed by atoms with van der Waals surface area (Å²) in [5, 5.41) is 13.2. The quantitative estimate of drug-likeness (QED) is 0.573. The van der Waals surface area contributed by atoms with Gasteiger partial charge in [0.15, 0.2) is 0 Å². The summed E-state index contributed by atoms with van der Waals surface area (Å²) < 4.78 is 0. The Balaban J connectivity index is 2.17. The molecular formula is C21H15NO2. The highest BCUT2D eigenvalue weighted by Gasteiger charge is 2.52. The van der Waals surface area contributed by atoms with E-state index in [2.05, 4.69) is 5.16 Å². The lowest BCUT2D eigenvalue weighted by Crippen LogP contribution is -2.37. The van der Waals surface area contributed by atoms with E-state index in [-0.39, 0.29) is 11.5 Å². The second kappa shape index (κ2) is 5.46. The van der Waals surface area contributed by atoms with E-state index < -0.39 is 5.41 Å². The minimum absolute atomic E-state index is 0.140. The normalized spacial score (nSPS) is 17.0. The van der Waals surface area contributed by atoms with Crippen molar-refractivity contribution in [3.05, 3.63) is 107 Å². The van der Waals surface area contributed by atoms with E-state index in [0.717, 1.165) is 16.7 Å². The SMILES string of the molecule is O=C1/C(=N/O)C(c2ccccc2)(c2ccccc2)c2ccccc21. The molecule has 3 heteroatoms. The van der Waals surface area contributed by atoms with Crippen LogP contribution in [0.15, 0.2) is 90.1 Å². The van der Waals surface area contributed by atoms with Crippen LogP contribution in [0.25, 0.3) is 0 Å². The van der Waals surface area contributed by atoms with Crippen molar-refractivity contribution in [3.8, 4) is 0 Å². The van der Waals surface area contributed by atoms with Crippen molar-refractivity contribution in [1.82, 2.24) is 0 Å². The summed E-state index contributed by atoms with van der Waals surface area (Å²) in [6, 6.07) is 26.9. The topological polar surface area (TPSA) is 49.7 Å². The lowest BCUT2D eigenvalue weighted by molar-refractivity contribution is 0.106. The fraction of sp³-hybridized carbons (Fsp3) is 0.0476. The van der Waals surface area contributed by atoms with E-state index in [1.54, 1.807) is 6.07 Å². The van der Waals surface area contributed by atoms with Crippen LogP contribution in [-0.4, -0.2) is 16.7 Å². The number of ketones is 1. The lowest BCUT2D eigenvalue weighted by atomic mass is 9.69. The minimum atomic E-state index is -0.898. The van der Waals surface area contributed by atoms with E-state index in [1.807, 2.05) is 78.9 Å². The molecule has 1 aliphatic carbocycles. The van der Waals surface area contributed by atoms with Crippen molar-refractivity contribution in [2.24, 2.45) is 5.16 Å². The number of Topliss-reactive ketones (excluding diaryl/α,β-unsaturated/α-hetero) is 1. The molecule has 0 fully saturated rings. The number of oxime groups is 1. The van der Waals surface area contributed by atoms with Gasteiger partial charge in [0.25, 0.3) is 0 Å². The molecule has 0 bridgehead atoms. The van der Waals surface area contributed by atoms with Gasteiger partial charge in [-0.1, -0.05) is 90.1 Å². The van der Waals surface area contributed by atoms with Crippen LogP contribution in [-0.2, 0) is 5.41 Å². The zero-order chi connectivity index (χ0) is 16.6. The molecule has 4 rings (SSSR count). The molecule has 0 aromatic heterocycles. The second-order valence-electron chi connectivity index (χ2n) is 5.81. The van der Waals surface area contributed by atoms with Crippen LogP contribution in [0, 0.1) is 0 Å². The Morgan fingerprint density at radius 2 is 1.21 bits per heavy atom. The highest BCUT2D eigenvalue weighted by molar-refractivity contribution is 6.53. The molecule has 0 saturated carbocycles. The van der Waals surface area contributed by atoms with Crippen molar-refractivity contribution in [1.29, 1.82) is 0 Å².